The summed E-state index contributed by atoms with van der Waals surface area (Å²) in [5.41, 5.74) is 6.51. The summed E-state index contributed by atoms with van der Waals surface area (Å²) >= 11 is 0. The highest BCUT2D eigenvalue weighted by atomic mass is 15.1. The lowest BCUT2D eigenvalue weighted by Crippen LogP contribution is -2.09. The van der Waals surface area contributed by atoms with E-state index < -0.39 is 0 Å². The minimum Gasteiger partial charge on any atom is -0.323 e. The number of nitriles is 1. The molecule has 0 atom stereocenters. The quantitative estimate of drug-likeness (QED) is 0.695. The van der Waals surface area contributed by atoms with Crippen molar-refractivity contribution in [3.63, 3.8) is 0 Å². The Bertz CT molecular complexity index is 926. The molecule has 0 saturated heterocycles. The molecule has 3 nitrogen and oxygen atoms in total. The Kier molecular flexibility index (Phi) is 4.40. The van der Waals surface area contributed by atoms with E-state index >= 15 is 0 Å². The van der Waals surface area contributed by atoms with Crippen molar-refractivity contribution in [1.82, 2.24) is 9.55 Å². The fraction of sp³-hybridized carbons (Fsp3) is 0.333. The van der Waals surface area contributed by atoms with E-state index in [0.717, 1.165) is 34.4 Å². The summed E-state index contributed by atoms with van der Waals surface area (Å²) in [6, 6.07) is 14.5. The summed E-state index contributed by atoms with van der Waals surface area (Å²) in [5.74, 6) is 1.63. The van der Waals surface area contributed by atoms with Crippen molar-refractivity contribution in [3.05, 3.63) is 64.5 Å². The summed E-state index contributed by atoms with van der Waals surface area (Å²) in [4.78, 5) is 4.89. The van der Waals surface area contributed by atoms with Gasteiger partial charge < -0.3 is 4.57 Å². The van der Waals surface area contributed by atoms with E-state index in [0.29, 0.717) is 12.5 Å². The first kappa shape index (κ1) is 16.3. The van der Waals surface area contributed by atoms with Crippen LogP contribution in [-0.2, 0) is 13.0 Å². The topological polar surface area (TPSA) is 41.6 Å². The Balaban J connectivity index is 2.17. The van der Waals surface area contributed by atoms with Gasteiger partial charge in [0.25, 0.3) is 0 Å². The van der Waals surface area contributed by atoms with Crippen LogP contribution in [0.5, 0.6) is 0 Å². The molecule has 0 aliphatic rings. The minimum atomic E-state index is 0.536. The van der Waals surface area contributed by atoms with Gasteiger partial charge in [0.1, 0.15) is 5.82 Å². The maximum Gasteiger partial charge on any atom is 0.110 e. The van der Waals surface area contributed by atoms with Crippen LogP contribution in [0.1, 0.15) is 41.9 Å². The van der Waals surface area contributed by atoms with Gasteiger partial charge in [0, 0.05) is 6.42 Å². The van der Waals surface area contributed by atoms with E-state index in [2.05, 4.69) is 50.5 Å². The Labute approximate surface area is 143 Å². The Morgan fingerprint density at radius 1 is 1.12 bits per heavy atom. The fourth-order valence-electron chi connectivity index (χ4n) is 3.06. The van der Waals surface area contributed by atoms with Gasteiger partial charge in [-0.15, -0.1) is 0 Å². The first-order chi connectivity index (χ1) is 11.5. The largest absolute Gasteiger partial charge is 0.323 e. The highest BCUT2D eigenvalue weighted by Gasteiger charge is 2.14. The summed E-state index contributed by atoms with van der Waals surface area (Å²) in [5, 5.41) is 9.38. The van der Waals surface area contributed by atoms with E-state index in [1.807, 2.05) is 24.3 Å². The van der Waals surface area contributed by atoms with E-state index in [9.17, 15) is 5.26 Å². The third kappa shape index (κ3) is 3.05. The van der Waals surface area contributed by atoms with Gasteiger partial charge in [-0.3, -0.25) is 0 Å². The standard InChI is InChI=1S/C21H23N3/c1-14(2)9-21-23-19-10-15(3)16(4)11-20(19)24(21)13-18-8-6-5-7-17(18)12-22/h5-8,10-11,14H,9,13H2,1-4H3. The molecule has 122 valence electrons. The van der Waals surface area contributed by atoms with E-state index in [-0.39, 0.29) is 0 Å². The number of fused-ring (bicyclic) bond motifs is 1. The van der Waals surface area contributed by atoms with Crippen LogP contribution in [0.3, 0.4) is 0 Å². The van der Waals surface area contributed by atoms with Crippen molar-refractivity contribution in [2.75, 3.05) is 0 Å². The smallest absolute Gasteiger partial charge is 0.110 e. The number of hydrogen-bond donors (Lipinski definition) is 0. The fourth-order valence-corrected chi connectivity index (χ4v) is 3.06. The van der Waals surface area contributed by atoms with Crippen LogP contribution in [0.25, 0.3) is 11.0 Å². The second-order valence-corrected chi connectivity index (χ2v) is 6.91. The zero-order chi connectivity index (χ0) is 17.3. The van der Waals surface area contributed by atoms with Crippen molar-refractivity contribution >= 4 is 11.0 Å². The van der Waals surface area contributed by atoms with Crippen LogP contribution in [0, 0.1) is 31.1 Å². The second-order valence-electron chi connectivity index (χ2n) is 6.91. The SMILES string of the molecule is Cc1cc2nc(CC(C)C)n(Cc3ccccc3C#N)c2cc1C. The van der Waals surface area contributed by atoms with Gasteiger partial charge in [-0.2, -0.15) is 5.26 Å². The number of rotatable bonds is 4. The molecule has 0 aliphatic carbocycles. The first-order valence-corrected chi connectivity index (χ1v) is 8.44. The Morgan fingerprint density at radius 2 is 1.83 bits per heavy atom. The summed E-state index contributed by atoms with van der Waals surface area (Å²) in [6.45, 7) is 9.37. The molecule has 3 rings (SSSR count). The number of hydrogen-bond acceptors (Lipinski definition) is 2. The number of benzene rings is 2. The normalized spacial score (nSPS) is 11.2. The van der Waals surface area contributed by atoms with Gasteiger partial charge in [-0.1, -0.05) is 32.0 Å². The lowest BCUT2D eigenvalue weighted by Gasteiger charge is -2.12. The van der Waals surface area contributed by atoms with Crippen LogP contribution in [-0.4, -0.2) is 9.55 Å². The monoisotopic (exact) mass is 317 g/mol. The number of aryl methyl sites for hydroxylation is 2. The molecule has 0 spiro atoms. The molecule has 0 fully saturated rings. The van der Waals surface area contributed by atoms with Crippen LogP contribution in [0.2, 0.25) is 0 Å². The minimum absolute atomic E-state index is 0.536. The van der Waals surface area contributed by atoms with Crippen molar-refractivity contribution in [2.45, 2.75) is 40.7 Å². The molecule has 1 heterocycles. The molecule has 0 unspecified atom stereocenters. The van der Waals surface area contributed by atoms with E-state index in [1.165, 1.54) is 11.1 Å². The van der Waals surface area contributed by atoms with Crippen LogP contribution < -0.4 is 0 Å². The Morgan fingerprint density at radius 3 is 2.54 bits per heavy atom. The maximum atomic E-state index is 9.38. The summed E-state index contributed by atoms with van der Waals surface area (Å²) < 4.78 is 2.28. The molecular weight excluding hydrogens is 294 g/mol. The number of aromatic nitrogens is 2. The van der Waals surface area contributed by atoms with Gasteiger partial charge in [-0.25, -0.2) is 4.98 Å². The molecule has 0 N–H and O–H groups in total. The van der Waals surface area contributed by atoms with Crippen LogP contribution in [0.4, 0.5) is 0 Å². The van der Waals surface area contributed by atoms with Gasteiger partial charge in [0.05, 0.1) is 29.2 Å². The van der Waals surface area contributed by atoms with E-state index in [4.69, 9.17) is 4.98 Å². The van der Waals surface area contributed by atoms with Gasteiger partial charge >= 0.3 is 0 Å². The highest BCUT2D eigenvalue weighted by molar-refractivity contribution is 5.78. The van der Waals surface area contributed by atoms with Crippen molar-refractivity contribution in [1.29, 1.82) is 5.26 Å². The average Bonchev–Trinajstić information content (AvgIpc) is 2.84. The van der Waals surface area contributed by atoms with Gasteiger partial charge in [0.2, 0.25) is 0 Å². The Hall–Kier alpha value is -2.60. The average molecular weight is 317 g/mol. The molecule has 3 heteroatoms. The van der Waals surface area contributed by atoms with Crippen LogP contribution in [0.15, 0.2) is 36.4 Å². The number of imidazole rings is 1. The molecule has 24 heavy (non-hydrogen) atoms. The predicted molar refractivity (Wildman–Crippen MR) is 98.0 cm³/mol. The lowest BCUT2D eigenvalue weighted by atomic mass is 10.1. The lowest BCUT2D eigenvalue weighted by molar-refractivity contribution is 0.595. The molecule has 0 bridgehead atoms. The van der Waals surface area contributed by atoms with Crippen molar-refractivity contribution < 1.29 is 0 Å². The zero-order valence-corrected chi connectivity index (χ0v) is 14.8. The summed E-state index contributed by atoms with van der Waals surface area (Å²) in [7, 11) is 0. The summed E-state index contributed by atoms with van der Waals surface area (Å²) in [6.07, 6.45) is 0.932. The predicted octanol–water partition coefficient (Wildman–Crippen LogP) is 4.77. The van der Waals surface area contributed by atoms with Crippen molar-refractivity contribution in [3.8, 4) is 6.07 Å². The van der Waals surface area contributed by atoms with Crippen LogP contribution >= 0.6 is 0 Å². The van der Waals surface area contributed by atoms with Gasteiger partial charge in [0.15, 0.2) is 0 Å². The molecule has 0 amide bonds. The first-order valence-electron chi connectivity index (χ1n) is 8.44. The molecule has 0 radical (unpaired) electrons. The molecule has 0 aliphatic heterocycles. The third-order valence-corrected chi connectivity index (χ3v) is 4.50. The van der Waals surface area contributed by atoms with Gasteiger partial charge in [-0.05, 0) is 54.7 Å². The molecule has 1 aromatic heterocycles. The maximum absolute atomic E-state index is 9.38. The zero-order valence-electron chi connectivity index (χ0n) is 14.8. The van der Waals surface area contributed by atoms with Crippen molar-refractivity contribution in [2.24, 2.45) is 5.92 Å². The highest BCUT2D eigenvalue weighted by Crippen LogP contribution is 2.24. The second kappa shape index (κ2) is 6.49. The molecule has 2 aromatic carbocycles. The molecule has 0 saturated carbocycles. The number of nitrogens with zero attached hydrogens (tertiary/aromatic N) is 3. The van der Waals surface area contributed by atoms with E-state index in [1.54, 1.807) is 0 Å². The third-order valence-electron chi connectivity index (χ3n) is 4.50. The molecular formula is C21H23N3. The molecule has 3 aromatic rings.